The van der Waals surface area contributed by atoms with E-state index in [2.05, 4.69) is 11.9 Å². The second-order valence-electron chi connectivity index (χ2n) is 4.98. The number of carbonyl (C=O) groups is 1. The Hall–Kier alpha value is -2.95. The van der Waals surface area contributed by atoms with E-state index in [1.165, 1.54) is 0 Å². The van der Waals surface area contributed by atoms with Crippen LogP contribution in [0.1, 0.15) is 22.1 Å². The van der Waals surface area contributed by atoms with Crippen LogP contribution in [-0.4, -0.2) is 19.6 Å². The highest BCUT2D eigenvalue weighted by Crippen LogP contribution is 2.34. The molecule has 1 aliphatic heterocycles. The molecule has 1 atom stereocenters. The maximum absolute atomic E-state index is 12.2. The van der Waals surface area contributed by atoms with Gasteiger partial charge in [-0.05, 0) is 30.3 Å². The molecule has 5 nitrogen and oxygen atoms in total. The fourth-order valence-electron chi connectivity index (χ4n) is 2.38. The highest BCUT2D eigenvalue weighted by atomic mass is 16.5. The number of fused-ring (bicyclic) bond motifs is 1. The summed E-state index contributed by atoms with van der Waals surface area (Å²) >= 11 is 0. The van der Waals surface area contributed by atoms with E-state index >= 15 is 0 Å². The Morgan fingerprint density at radius 2 is 2.09 bits per heavy atom. The lowest BCUT2D eigenvalue weighted by atomic mass is 10.1. The van der Waals surface area contributed by atoms with Crippen molar-refractivity contribution in [1.29, 1.82) is 0 Å². The molecule has 2 aromatic rings. The van der Waals surface area contributed by atoms with Crippen LogP contribution in [0.4, 0.5) is 0 Å². The van der Waals surface area contributed by atoms with E-state index in [1.54, 1.807) is 43.5 Å². The molecule has 0 aromatic heterocycles. The van der Waals surface area contributed by atoms with Gasteiger partial charge >= 0.3 is 0 Å². The Bertz CT molecular complexity index is 742. The molecule has 1 heterocycles. The van der Waals surface area contributed by atoms with Gasteiger partial charge in [-0.15, -0.1) is 0 Å². The summed E-state index contributed by atoms with van der Waals surface area (Å²) in [7, 11) is 1.56. The summed E-state index contributed by atoms with van der Waals surface area (Å²) in [6, 6.07) is 12.6. The Kier molecular flexibility index (Phi) is 4.19. The van der Waals surface area contributed by atoms with Gasteiger partial charge in [-0.2, -0.15) is 0 Å². The number of nitrogens with one attached hydrogen (secondary N) is 1. The van der Waals surface area contributed by atoms with Gasteiger partial charge in [-0.25, -0.2) is 0 Å². The maximum atomic E-state index is 12.2. The molecule has 1 N–H and O–H groups in total. The van der Waals surface area contributed by atoms with Gasteiger partial charge in [0, 0.05) is 5.56 Å². The third kappa shape index (κ3) is 2.99. The van der Waals surface area contributed by atoms with E-state index in [-0.39, 0.29) is 5.91 Å². The largest absolute Gasteiger partial charge is 0.493 e. The highest BCUT2D eigenvalue weighted by Gasteiger charge is 2.26. The van der Waals surface area contributed by atoms with E-state index in [1.807, 2.05) is 12.1 Å². The Labute approximate surface area is 134 Å². The van der Waals surface area contributed by atoms with Crippen LogP contribution >= 0.6 is 0 Å². The lowest BCUT2D eigenvalue weighted by Crippen LogP contribution is -2.36. The lowest BCUT2D eigenvalue weighted by Gasteiger charge is -2.27. The zero-order valence-corrected chi connectivity index (χ0v) is 12.7. The predicted molar refractivity (Wildman–Crippen MR) is 86.0 cm³/mol. The van der Waals surface area contributed by atoms with Crippen molar-refractivity contribution in [2.45, 2.75) is 6.23 Å². The summed E-state index contributed by atoms with van der Waals surface area (Å²) in [6.07, 6.45) is 1.09. The van der Waals surface area contributed by atoms with Crippen molar-refractivity contribution in [3.05, 3.63) is 66.2 Å². The SMILES string of the molecule is C=CCOc1ccc(C2NC(=O)c3ccccc3O2)cc1OC. The summed E-state index contributed by atoms with van der Waals surface area (Å²) < 4.78 is 16.7. The quantitative estimate of drug-likeness (QED) is 0.862. The van der Waals surface area contributed by atoms with Gasteiger partial charge in [0.1, 0.15) is 12.4 Å². The van der Waals surface area contributed by atoms with Gasteiger partial charge in [-0.1, -0.05) is 24.8 Å². The monoisotopic (exact) mass is 311 g/mol. The summed E-state index contributed by atoms with van der Waals surface area (Å²) in [5.41, 5.74) is 1.30. The number of amides is 1. The normalized spacial score (nSPS) is 15.9. The molecule has 0 saturated carbocycles. The Morgan fingerprint density at radius 3 is 2.87 bits per heavy atom. The van der Waals surface area contributed by atoms with Crippen molar-refractivity contribution in [1.82, 2.24) is 5.32 Å². The summed E-state index contributed by atoms with van der Waals surface area (Å²) in [6.45, 7) is 4.01. The standard InChI is InChI=1S/C18H17NO4/c1-3-10-22-15-9-8-12(11-16(15)21-2)18-19-17(20)13-6-4-5-7-14(13)23-18/h3-9,11,18H,1,10H2,2H3,(H,19,20). The van der Waals surface area contributed by atoms with Gasteiger partial charge in [-0.3, -0.25) is 4.79 Å². The molecule has 118 valence electrons. The summed E-state index contributed by atoms with van der Waals surface area (Å²) in [5, 5.41) is 2.83. The van der Waals surface area contributed by atoms with Gasteiger partial charge < -0.3 is 19.5 Å². The zero-order chi connectivity index (χ0) is 16.2. The smallest absolute Gasteiger partial charge is 0.258 e. The molecule has 0 aliphatic carbocycles. The van der Waals surface area contributed by atoms with Crippen LogP contribution in [0.25, 0.3) is 0 Å². The van der Waals surface area contributed by atoms with Crippen LogP contribution in [-0.2, 0) is 0 Å². The minimum absolute atomic E-state index is 0.164. The Morgan fingerprint density at radius 1 is 1.26 bits per heavy atom. The molecule has 2 aromatic carbocycles. The molecular formula is C18H17NO4. The molecule has 0 spiro atoms. The molecule has 23 heavy (non-hydrogen) atoms. The number of hydrogen-bond acceptors (Lipinski definition) is 4. The highest BCUT2D eigenvalue weighted by molar-refractivity contribution is 5.98. The van der Waals surface area contributed by atoms with E-state index in [9.17, 15) is 4.79 Å². The zero-order valence-electron chi connectivity index (χ0n) is 12.7. The van der Waals surface area contributed by atoms with Crippen molar-refractivity contribution < 1.29 is 19.0 Å². The van der Waals surface area contributed by atoms with Crippen molar-refractivity contribution in [2.24, 2.45) is 0 Å². The number of hydrogen-bond donors (Lipinski definition) is 1. The summed E-state index contributed by atoms with van der Waals surface area (Å²) in [4.78, 5) is 12.2. The minimum Gasteiger partial charge on any atom is -0.493 e. The average molecular weight is 311 g/mol. The van der Waals surface area contributed by atoms with Crippen LogP contribution < -0.4 is 19.5 Å². The van der Waals surface area contributed by atoms with E-state index < -0.39 is 6.23 Å². The molecule has 3 rings (SSSR count). The van der Waals surface area contributed by atoms with Crippen LogP contribution in [0.2, 0.25) is 0 Å². The third-order valence-corrected chi connectivity index (χ3v) is 3.49. The number of ether oxygens (including phenoxy) is 3. The first-order chi connectivity index (χ1) is 11.2. The number of methoxy groups -OCH3 is 1. The molecular weight excluding hydrogens is 294 g/mol. The first-order valence-corrected chi connectivity index (χ1v) is 7.21. The minimum atomic E-state index is -0.570. The lowest BCUT2D eigenvalue weighted by molar-refractivity contribution is 0.0755. The van der Waals surface area contributed by atoms with Crippen LogP contribution in [0, 0.1) is 0 Å². The van der Waals surface area contributed by atoms with E-state index in [0.29, 0.717) is 29.4 Å². The van der Waals surface area contributed by atoms with E-state index in [0.717, 1.165) is 5.56 Å². The molecule has 1 aliphatic rings. The molecule has 0 saturated heterocycles. The summed E-state index contributed by atoms with van der Waals surface area (Å²) in [5.74, 6) is 1.58. The van der Waals surface area contributed by atoms with Crippen molar-refractivity contribution in [2.75, 3.05) is 13.7 Å². The molecule has 0 bridgehead atoms. The first kappa shape index (κ1) is 15.0. The van der Waals surface area contributed by atoms with Gasteiger partial charge in [0.05, 0.1) is 12.7 Å². The second-order valence-corrected chi connectivity index (χ2v) is 4.98. The van der Waals surface area contributed by atoms with Gasteiger partial charge in [0.15, 0.2) is 17.7 Å². The predicted octanol–water partition coefficient (Wildman–Crippen LogP) is 3.08. The van der Waals surface area contributed by atoms with Crippen molar-refractivity contribution >= 4 is 5.91 Å². The van der Waals surface area contributed by atoms with Crippen LogP contribution in [0.3, 0.4) is 0 Å². The Balaban J connectivity index is 1.88. The van der Waals surface area contributed by atoms with Crippen LogP contribution in [0.15, 0.2) is 55.1 Å². The number of carbonyl (C=O) groups excluding carboxylic acids is 1. The molecule has 1 unspecified atom stereocenters. The van der Waals surface area contributed by atoms with Crippen molar-refractivity contribution in [3.63, 3.8) is 0 Å². The second kappa shape index (κ2) is 6.44. The fraction of sp³-hybridized carbons (Fsp3) is 0.167. The number of rotatable bonds is 5. The number of para-hydroxylation sites is 1. The van der Waals surface area contributed by atoms with Gasteiger partial charge in [0.2, 0.25) is 0 Å². The average Bonchev–Trinajstić information content (AvgIpc) is 2.59. The first-order valence-electron chi connectivity index (χ1n) is 7.21. The maximum Gasteiger partial charge on any atom is 0.258 e. The molecule has 0 fully saturated rings. The molecule has 5 heteroatoms. The topological polar surface area (TPSA) is 56.8 Å². The number of benzene rings is 2. The van der Waals surface area contributed by atoms with Gasteiger partial charge in [0.25, 0.3) is 5.91 Å². The van der Waals surface area contributed by atoms with Crippen LogP contribution in [0.5, 0.6) is 17.2 Å². The van der Waals surface area contributed by atoms with E-state index in [4.69, 9.17) is 14.2 Å². The fourth-order valence-corrected chi connectivity index (χ4v) is 2.38. The third-order valence-electron chi connectivity index (χ3n) is 3.49. The van der Waals surface area contributed by atoms with Crippen molar-refractivity contribution in [3.8, 4) is 17.2 Å². The molecule has 1 amide bonds. The molecule has 0 radical (unpaired) electrons.